The highest BCUT2D eigenvalue weighted by Crippen LogP contribution is 2.25. The first kappa shape index (κ1) is 17.4. The second-order valence-electron chi connectivity index (χ2n) is 5.17. The molecule has 0 aliphatic heterocycles. The van der Waals surface area contributed by atoms with E-state index in [0.717, 1.165) is 41.7 Å². The molecule has 0 unspecified atom stereocenters. The molecular formula is C16H23NO3S. The molecule has 0 aliphatic rings. The molecule has 0 amide bonds. The number of unbranched alkanes of at least 4 members (excludes halogenated alkanes) is 1. The third-order valence-electron chi connectivity index (χ3n) is 3.45. The minimum absolute atomic E-state index is 0. The highest BCUT2D eigenvalue weighted by Gasteiger charge is 2.14. The van der Waals surface area contributed by atoms with E-state index in [4.69, 9.17) is 9.84 Å². The van der Waals surface area contributed by atoms with Crippen LogP contribution in [0.2, 0.25) is 0 Å². The summed E-state index contributed by atoms with van der Waals surface area (Å²) in [7, 11) is 0. The summed E-state index contributed by atoms with van der Waals surface area (Å²) in [6.45, 7) is 4.59. The fourth-order valence-electron chi connectivity index (χ4n) is 2.18. The van der Waals surface area contributed by atoms with E-state index < -0.39 is 5.97 Å². The van der Waals surface area contributed by atoms with Gasteiger partial charge in [0.15, 0.2) is 0 Å². The minimum atomic E-state index is -0.765. The van der Waals surface area contributed by atoms with Crippen LogP contribution in [0, 0.1) is 5.92 Å². The van der Waals surface area contributed by atoms with Gasteiger partial charge in [-0.2, -0.15) is 13.5 Å². The normalized spacial score (nSPS) is 11.9. The first-order valence-electron chi connectivity index (χ1n) is 7.07. The topological polar surface area (TPSA) is 62.3 Å². The fraction of sp³-hybridized carbons (Fsp3) is 0.438. The van der Waals surface area contributed by atoms with Crippen molar-refractivity contribution in [2.45, 2.75) is 33.1 Å². The van der Waals surface area contributed by atoms with E-state index in [1.807, 2.05) is 24.4 Å². The molecule has 2 rings (SSSR count). The molecule has 0 aliphatic carbocycles. The number of ether oxygens (including phenoxy) is 1. The molecule has 1 aromatic heterocycles. The van der Waals surface area contributed by atoms with Crippen LogP contribution in [0.25, 0.3) is 10.9 Å². The summed E-state index contributed by atoms with van der Waals surface area (Å²) < 4.78 is 5.67. The monoisotopic (exact) mass is 309 g/mol. The number of carboxylic acid groups (broad SMARTS) is 1. The number of aliphatic carboxylic acids is 1. The number of H-pyrrole nitrogens is 1. The van der Waals surface area contributed by atoms with Gasteiger partial charge in [0, 0.05) is 23.2 Å². The Balaban J connectivity index is 0.00000220. The Labute approximate surface area is 132 Å². The number of carboxylic acids is 1. The molecule has 0 saturated heterocycles. The molecule has 0 fully saturated rings. The maximum atomic E-state index is 10.9. The summed E-state index contributed by atoms with van der Waals surface area (Å²) in [6.07, 6.45) is 4.58. The number of rotatable bonds is 7. The number of hydrogen-bond donors (Lipinski definition) is 2. The van der Waals surface area contributed by atoms with E-state index in [1.54, 1.807) is 6.92 Å². The number of carbonyl (C=O) groups is 1. The highest BCUT2D eigenvalue weighted by atomic mass is 32.1. The number of aromatic nitrogens is 1. The molecule has 116 valence electrons. The van der Waals surface area contributed by atoms with Crippen molar-refractivity contribution in [3.05, 3.63) is 30.0 Å². The van der Waals surface area contributed by atoms with E-state index >= 15 is 0 Å². The fourth-order valence-corrected chi connectivity index (χ4v) is 2.18. The van der Waals surface area contributed by atoms with Crippen molar-refractivity contribution in [1.82, 2.24) is 4.98 Å². The van der Waals surface area contributed by atoms with Gasteiger partial charge in [0.2, 0.25) is 0 Å². The van der Waals surface area contributed by atoms with Crippen LogP contribution >= 0.6 is 13.5 Å². The number of hydrogen-bond acceptors (Lipinski definition) is 2. The molecule has 1 heterocycles. The number of aromatic amines is 1. The van der Waals surface area contributed by atoms with Crippen LogP contribution < -0.4 is 4.74 Å². The molecule has 1 atom stereocenters. The van der Waals surface area contributed by atoms with Crippen LogP contribution in [-0.4, -0.2) is 22.7 Å². The van der Waals surface area contributed by atoms with Gasteiger partial charge in [0.05, 0.1) is 12.5 Å². The third kappa shape index (κ3) is 4.43. The van der Waals surface area contributed by atoms with Gasteiger partial charge in [-0.3, -0.25) is 4.79 Å². The molecule has 2 aromatic rings. The molecule has 2 N–H and O–H groups in total. The van der Waals surface area contributed by atoms with E-state index in [0.29, 0.717) is 6.42 Å². The maximum absolute atomic E-state index is 10.9. The van der Waals surface area contributed by atoms with Crippen molar-refractivity contribution >= 4 is 30.4 Å². The van der Waals surface area contributed by atoms with Crippen LogP contribution in [0.3, 0.4) is 0 Å². The molecule has 0 radical (unpaired) electrons. The van der Waals surface area contributed by atoms with Gasteiger partial charge < -0.3 is 14.8 Å². The van der Waals surface area contributed by atoms with Crippen LogP contribution in [-0.2, 0) is 11.2 Å². The van der Waals surface area contributed by atoms with Crippen molar-refractivity contribution in [2.75, 3.05) is 6.61 Å². The summed E-state index contributed by atoms with van der Waals surface area (Å²) in [5, 5.41) is 10.1. The van der Waals surface area contributed by atoms with E-state index in [9.17, 15) is 4.79 Å². The average molecular weight is 309 g/mol. The Hall–Kier alpha value is -1.62. The van der Waals surface area contributed by atoms with E-state index in [2.05, 4.69) is 11.9 Å². The quantitative estimate of drug-likeness (QED) is 0.766. The van der Waals surface area contributed by atoms with Crippen molar-refractivity contribution in [2.24, 2.45) is 5.92 Å². The molecule has 0 saturated carbocycles. The molecular weight excluding hydrogens is 286 g/mol. The molecule has 21 heavy (non-hydrogen) atoms. The molecule has 5 heteroatoms. The Kier molecular flexibility index (Phi) is 6.62. The number of nitrogens with one attached hydrogen (secondary N) is 1. The summed E-state index contributed by atoms with van der Waals surface area (Å²) >= 11 is 0. The lowest BCUT2D eigenvalue weighted by Crippen LogP contribution is -2.11. The van der Waals surface area contributed by atoms with E-state index in [1.165, 1.54) is 0 Å². The summed E-state index contributed by atoms with van der Waals surface area (Å²) in [6, 6.07) is 5.91. The third-order valence-corrected chi connectivity index (χ3v) is 3.45. The van der Waals surface area contributed by atoms with Crippen molar-refractivity contribution in [3.63, 3.8) is 0 Å². The zero-order chi connectivity index (χ0) is 14.5. The molecule has 0 bridgehead atoms. The zero-order valence-corrected chi connectivity index (χ0v) is 13.5. The molecule has 4 nitrogen and oxygen atoms in total. The van der Waals surface area contributed by atoms with Crippen LogP contribution in [0.15, 0.2) is 24.4 Å². The van der Waals surface area contributed by atoms with Crippen molar-refractivity contribution in [3.8, 4) is 5.75 Å². The van der Waals surface area contributed by atoms with Gasteiger partial charge in [-0.05, 0) is 30.5 Å². The highest BCUT2D eigenvalue weighted by molar-refractivity contribution is 7.59. The van der Waals surface area contributed by atoms with Crippen LogP contribution in [0.1, 0.15) is 32.3 Å². The lowest BCUT2D eigenvalue weighted by Gasteiger charge is -2.06. The lowest BCUT2D eigenvalue weighted by molar-refractivity contribution is -0.141. The first-order chi connectivity index (χ1) is 9.61. The van der Waals surface area contributed by atoms with Crippen LogP contribution in [0.4, 0.5) is 0 Å². The Morgan fingerprint density at radius 2 is 2.19 bits per heavy atom. The SMILES string of the molecule is CCCCOc1ccc2c(C[C@H](C)C(=O)O)c[nH]c2c1.S. The van der Waals surface area contributed by atoms with Gasteiger partial charge in [-0.1, -0.05) is 20.3 Å². The Bertz CT molecular complexity index is 594. The number of fused-ring (bicyclic) bond motifs is 1. The second-order valence-corrected chi connectivity index (χ2v) is 5.17. The summed E-state index contributed by atoms with van der Waals surface area (Å²) in [4.78, 5) is 14.1. The predicted molar refractivity (Wildman–Crippen MR) is 89.6 cm³/mol. The second kappa shape index (κ2) is 7.98. The Morgan fingerprint density at radius 3 is 2.86 bits per heavy atom. The van der Waals surface area contributed by atoms with Gasteiger partial charge in [-0.25, -0.2) is 0 Å². The zero-order valence-electron chi connectivity index (χ0n) is 12.5. The maximum Gasteiger partial charge on any atom is 0.306 e. The molecule has 0 spiro atoms. The predicted octanol–water partition coefficient (Wildman–Crippen LogP) is 3.72. The van der Waals surface area contributed by atoms with Gasteiger partial charge in [-0.15, -0.1) is 0 Å². The largest absolute Gasteiger partial charge is 0.494 e. The lowest BCUT2D eigenvalue weighted by atomic mass is 10.0. The average Bonchev–Trinajstić information content (AvgIpc) is 2.81. The number of benzene rings is 1. The van der Waals surface area contributed by atoms with Gasteiger partial charge in [0.25, 0.3) is 0 Å². The summed E-state index contributed by atoms with van der Waals surface area (Å²) in [5.74, 6) is -0.293. The van der Waals surface area contributed by atoms with Crippen LogP contribution in [0.5, 0.6) is 5.75 Å². The standard InChI is InChI=1S/C16H21NO3.H2S/c1-3-4-7-20-13-5-6-14-12(8-11(2)16(18)19)10-17-15(14)9-13;/h5-6,9-11,17H,3-4,7-8H2,1-2H3,(H,18,19);1H2/t11-;/m0./s1. The van der Waals surface area contributed by atoms with Crippen molar-refractivity contribution < 1.29 is 14.6 Å². The van der Waals surface area contributed by atoms with Crippen molar-refractivity contribution in [1.29, 1.82) is 0 Å². The van der Waals surface area contributed by atoms with Gasteiger partial charge in [0.1, 0.15) is 5.75 Å². The molecule has 1 aromatic carbocycles. The van der Waals surface area contributed by atoms with Gasteiger partial charge >= 0.3 is 5.97 Å². The Morgan fingerprint density at radius 1 is 1.43 bits per heavy atom. The minimum Gasteiger partial charge on any atom is -0.494 e. The smallest absolute Gasteiger partial charge is 0.306 e. The van der Waals surface area contributed by atoms with E-state index in [-0.39, 0.29) is 19.4 Å². The first-order valence-corrected chi connectivity index (χ1v) is 7.07. The summed E-state index contributed by atoms with van der Waals surface area (Å²) in [5.41, 5.74) is 2.03.